The van der Waals surface area contributed by atoms with E-state index < -0.39 is 11.5 Å². The molecule has 0 aromatic carbocycles. The van der Waals surface area contributed by atoms with Crippen molar-refractivity contribution in [3.8, 4) is 11.5 Å². The lowest BCUT2D eigenvalue weighted by atomic mass is 10.2. The Balaban J connectivity index is 1.66. The summed E-state index contributed by atoms with van der Waals surface area (Å²) in [6.07, 6.45) is 3.67. The SMILES string of the molecule is O=C(NCCc1ccco1)c1ccc(-c2ccco2)[nH]c1=O. The Hall–Kier alpha value is -3.02. The minimum atomic E-state index is -0.454. The fourth-order valence-electron chi connectivity index (χ4n) is 2.08. The average Bonchev–Trinajstić information content (AvgIpc) is 3.20. The third-order valence-electron chi connectivity index (χ3n) is 3.18. The summed E-state index contributed by atoms with van der Waals surface area (Å²) >= 11 is 0. The van der Waals surface area contributed by atoms with Crippen molar-refractivity contribution in [1.29, 1.82) is 0 Å². The normalized spacial score (nSPS) is 10.5. The summed E-state index contributed by atoms with van der Waals surface area (Å²) in [5.74, 6) is 0.906. The molecule has 6 nitrogen and oxygen atoms in total. The van der Waals surface area contributed by atoms with Gasteiger partial charge in [-0.3, -0.25) is 9.59 Å². The van der Waals surface area contributed by atoms with Gasteiger partial charge in [-0.15, -0.1) is 0 Å². The molecule has 112 valence electrons. The third-order valence-corrected chi connectivity index (χ3v) is 3.18. The quantitative estimate of drug-likeness (QED) is 0.755. The summed E-state index contributed by atoms with van der Waals surface area (Å²) in [5, 5.41) is 2.69. The van der Waals surface area contributed by atoms with Crippen LogP contribution in [0.1, 0.15) is 16.1 Å². The zero-order valence-electron chi connectivity index (χ0n) is 11.7. The summed E-state index contributed by atoms with van der Waals surface area (Å²) in [4.78, 5) is 26.6. The molecule has 3 aromatic rings. The summed E-state index contributed by atoms with van der Waals surface area (Å²) in [7, 11) is 0. The molecule has 3 heterocycles. The van der Waals surface area contributed by atoms with Gasteiger partial charge in [0.15, 0.2) is 0 Å². The maximum absolute atomic E-state index is 12.0. The Kier molecular flexibility index (Phi) is 3.91. The first-order valence-corrected chi connectivity index (χ1v) is 6.82. The smallest absolute Gasteiger partial charge is 0.261 e. The average molecular weight is 298 g/mol. The van der Waals surface area contributed by atoms with Crippen molar-refractivity contribution >= 4 is 5.91 Å². The fourth-order valence-corrected chi connectivity index (χ4v) is 2.08. The van der Waals surface area contributed by atoms with E-state index >= 15 is 0 Å². The minimum Gasteiger partial charge on any atom is -0.469 e. The van der Waals surface area contributed by atoms with E-state index in [2.05, 4.69) is 10.3 Å². The number of H-pyrrole nitrogens is 1. The van der Waals surface area contributed by atoms with Gasteiger partial charge in [0.1, 0.15) is 17.1 Å². The molecular weight excluding hydrogens is 284 g/mol. The molecule has 0 spiro atoms. The molecule has 2 N–H and O–H groups in total. The van der Waals surface area contributed by atoms with Gasteiger partial charge in [-0.2, -0.15) is 0 Å². The van der Waals surface area contributed by atoms with Crippen molar-refractivity contribution in [2.75, 3.05) is 6.54 Å². The van der Waals surface area contributed by atoms with E-state index in [1.807, 2.05) is 6.07 Å². The van der Waals surface area contributed by atoms with E-state index in [-0.39, 0.29) is 5.56 Å². The number of pyridine rings is 1. The monoisotopic (exact) mass is 298 g/mol. The number of aromatic amines is 1. The molecule has 3 rings (SSSR count). The zero-order chi connectivity index (χ0) is 15.4. The molecule has 22 heavy (non-hydrogen) atoms. The number of aromatic nitrogens is 1. The van der Waals surface area contributed by atoms with Crippen molar-refractivity contribution in [2.45, 2.75) is 6.42 Å². The number of carbonyl (C=O) groups is 1. The second-order valence-corrected chi connectivity index (χ2v) is 4.68. The van der Waals surface area contributed by atoms with Crippen LogP contribution in [0.3, 0.4) is 0 Å². The molecule has 0 aliphatic rings. The van der Waals surface area contributed by atoms with Crippen LogP contribution in [0, 0.1) is 0 Å². The van der Waals surface area contributed by atoms with Crippen molar-refractivity contribution in [3.05, 3.63) is 70.6 Å². The van der Waals surface area contributed by atoms with Gasteiger partial charge in [-0.25, -0.2) is 0 Å². The van der Waals surface area contributed by atoms with Crippen molar-refractivity contribution < 1.29 is 13.6 Å². The van der Waals surface area contributed by atoms with Gasteiger partial charge >= 0.3 is 0 Å². The van der Waals surface area contributed by atoms with Crippen LogP contribution in [0.15, 0.2) is 62.6 Å². The molecule has 0 fully saturated rings. The largest absolute Gasteiger partial charge is 0.469 e. The fraction of sp³-hybridized carbons (Fsp3) is 0.125. The summed E-state index contributed by atoms with van der Waals surface area (Å²) in [6.45, 7) is 0.395. The van der Waals surface area contributed by atoms with Crippen LogP contribution in [-0.4, -0.2) is 17.4 Å². The maximum Gasteiger partial charge on any atom is 0.261 e. The molecule has 0 unspecified atom stereocenters. The first-order chi connectivity index (χ1) is 10.7. The van der Waals surface area contributed by atoms with Gasteiger partial charge in [0.05, 0.1) is 18.2 Å². The standard InChI is InChI=1S/C16H14N2O4/c19-15(17-8-7-11-3-1-9-21-11)12-5-6-13(18-16(12)20)14-4-2-10-22-14/h1-6,9-10H,7-8H2,(H,17,19)(H,18,20). The Bertz CT molecular complexity index is 801. The number of nitrogens with one attached hydrogen (secondary N) is 2. The lowest BCUT2D eigenvalue weighted by Gasteiger charge is -2.04. The van der Waals surface area contributed by atoms with E-state index in [4.69, 9.17) is 8.83 Å². The highest BCUT2D eigenvalue weighted by atomic mass is 16.3. The van der Waals surface area contributed by atoms with Gasteiger partial charge in [-0.05, 0) is 36.4 Å². The van der Waals surface area contributed by atoms with Crippen LogP contribution in [0.25, 0.3) is 11.5 Å². The molecular formula is C16H14N2O4. The predicted molar refractivity (Wildman–Crippen MR) is 79.5 cm³/mol. The van der Waals surface area contributed by atoms with Crippen LogP contribution in [-0.2, 0) is 6.42 Å². The van der Waals surface area contributed by atoms with Crippen LogP contribution < -0.4 is 10.9 Å². The topological polar surface area (TPSA) is 88.2 Å². The van der Waals surface area contributed by atoms with Crippen LogP contribution in [0.4, 0.5) is 0 Å². The van der Waals surface area contributed by atoms with E-state index in [0.717, 1.165) is 5.76 Å². The molecule has 0 radical (unpaired) electrons. The Morgan fingerprint density at radius 2 is 1.91 bits per heavy atom. The molecule has 0 aliphatic heterocycles. The van der Waals surface area contributed by atoms with E-state index in [1.165, 1.54) is 12.3 Å². The molecule has 6 heteroatoms. The molecule has 3 aromatic heterocycles. The van der Waals surface area contributed by atoms with Gasteiger partial charge in [0.25, 0.3) is 11.5 Å². The van der Waals surface area contributed by atoms with E-state index in [1.54, 1.807) is 30.5 Å². The zero-order valence-corrected chi connectivity index (χ0v) is 11.7. The first kappa shape index (κ1) is 13.9. The number of carbonyl (C=O) groups excluding carboxylic acids is 1. The van der Waals surface area contributed by atoms with Gasteiger partial charge in [0.2, 0.25) is 0 Å². The molecule has 0 saturated heterocycles. The van der Waals surface area contributed by atoms with Crippen molar-refractivity contribution in [3.63, 3.8) is 0 Å². The molecule has 1 amide bonds. The first-order valence-electron chi connectivity index (χ1n) is 6.82. The maximum atomic E-state index is 12.0. The van der Waals surface area contributed by atoms with Crippen molar-refractivity contribution in [2.24, 2.45) is 0 Å². The highest BCUT2D eigenvalue weighted by molar-refractivity contribution is 5.94. The summed E-state index contributed by atoms with van der Waals surface area (Å²) in [6, 6.07) is 10.2. The highest BCUT2D eigenvalue weighted by Gasteiger charge is 2.12. The number of rotatable bonds is 5. The Morgan fingerprint density at radius 1 is 1.09 bits per heavy atom. The molecule has 0 aliphatic carbocycles. The summed E-state index contributed by atoms with van der Waals surface area (Å²) < 4.78 is 10.4. The number of amides is 1. The Labute approximate surface area is 125 Å². The highest BCUT2D eigenvalue weighted by Crippen LogP contribution is 2.15. The Morgan fingerprint density at radius 3 is 2.59 bits per heavy atom. The lowest BCUT2D eigenvalue weighted by Crippen LogP contribution is -2.31. The molecule has 0 atom stereocenters. The predicted octanol–water partition coefficient (Wildman–Crippen LogP) is 2.20. The van der Waals surface area contributed by atoms with Crippen LogP contribution in [0.5, 0.6) is 0 Å². The third kappa shape index (κ3) is 3.01. The number of furan rings is 2. The number of hydrogen-bond acceptors (Lipinski definition) is 4. The van der Waals surface area contributed by atoms with E-state index in [9.17, 15) is 9.59 Å². The van der Waals surface area contributed by atoms with Crippen LogP contribution >= 0.6 is 0 Å². The van der Waals surface area contributed by atoms with E-state index in [0.29, 0.717) is 24.4 Å². The minimum absolute atomic E-state index is 0.0646. The van der Waals surface area contributed by atoms with Crippen LogP contribution in [0.2, 0.25) is 0 Å². The summed E-state index contributed by atoms with van der Waals surface area (Å²) in [5.41, 5.74) is 0.140. The second kappa shape index (κ2) is 6.17. The van der Waals surface area contributed by atoms with Crippen molar-refractivity contribution in [1.82, 2.24) is 10.3 Å². The molecule has 0 saturated carbocycles. The number of hydrogen-bond donors (Lipinski definition) is 2. The molecule has 0 bridgehead atoms. The van der Waals surface area contributed by atoms with Gasteiger partial charge < -0.3 is 19.1 Å². The lowest BCUT2D eigenvalue weighted by molar-refractivity contribution is 0.0952. The van der Waals surface area contributed by atoms with Gasteiger partial charge in [-0.1, -0.05) is 0 Å². The second-order valence-electron chi connectivity index (χ2n) is 4.68. The van der Waals surface area contributed by atoms with Gasteiger partial charge in [0, 0.05) is 13.0 Å².